The van der Waals surface area contributed by atoms with Crippen LogP contribution in [0.15, 0.2) is 12.2 Å². The molecule has 0 spiro atoms. The Labute approximate surface area is 89.8 Å². The van der Waals surface area contributed by atoms with Crippen molar-refractivity contribution >= 4 is 0 Å². The van der Waals surface area contributed by atoms with Crippen molar-refractivity contribution in [2.75, 3.05) is 0 Å². The lowest BCUT2D eigenvalue weighted by molar-refractivity contribution is 0.451. The third kappa shape index (κ3) is 11.7. The first kappa shape index (κ1) is 13.7. The second-order valence-electron chi connectivity index (χ2n) is 4.85. The Morgan fingerprint density at radius 2 is 1.57 bits per heavy atom. The number of hydrogen-bond acceptors (Lipinski definition) is 1. The maximum atomic E-state index is 5.90. The number of unbranched alkanes of at least 4 members (excludes halogenated alkanes) is 4. The van der Waals surface area contributed by atoms with Gasteiger partial charge in [0.15, 0.2) is 0 Å². The minimum absolute atomic E-state index is 0.0198. The number of allylic oxidation sites excluding steroid dienone is 2. The normalized spacial score (nSPS) is 12.6. The number of nitrogens with two attached hydrogens (primary N) is 1. The average Bonchev–Trinajstić information content (AvgIpc) is 2.08. The SMILES string of the molecule is CCCCC=CCCCCC(C)(C)N. The second-order valence-corrected chi connectivity index (χ2v) is 4.85. The van der Waals surface area contributed by atoms with Gasteiger partial charge in [0, 0.05) is 5.54 Å². The van der Waals surface area contributed by atoms with Gasteiger partial charge in [0.1, 0.15) is 0 Å². The molecule has 0 unspecified atom stereocenters. The highest BCUT2D eigenvalue weighted by atomic mass is 14.7. The van der Waals surface area contributed by atoms with Crippen molar-refractivity contribution in [3.63, 3.8) is 0 Å². The molecule has 1 nitrogen and oxygen atoms in total. The molecule has 0 amide bonds. The lowest BCUT2D eigenvalue weighted by Gasteiger charge is -2.17. The minimum Gasteiger partial charge on any atom is -0.326 e. The molecular weight excluding hydrogens is 170 g/mol. The van der Waals surface area contributed by atoms with Crippen molar-refractivity contribution < 1.29 is 0 Å². The molecule has 0 fully saturated rings. The van der Waals surface area contributed by atoms with Gasteiger partial charge < -0.3 is 5.73 Å². The molecule has 0 aliphatic carbocycles. The maximum absolute atomic E-state index is 5.90. The fourth-order valence-corrected chi connectivity index (χ4v) is 1.40. The Balaban J connectivity index is 3.17. The monoisotopic (exact) mass is 197 g/mol. The summed E-state index contributed by atoms with van der Waals surface area (Å²) in [5.41, 5.74) is 5.92. The van der Waals surface area contributed by atoms with Crippen LogP contribution in [0, 0.1) is 0 Å². The quantitative estimate of drug-likeness (QED) is 0.461. The zero-order chi connectivity index (χ0) is 10.9. The summed E-state index contributed by atoms with van der Waals surface area (Å²) in [5.74, 6) is 0. The van der Waals surface area contributed by atoms with Gasteiger partial charge in [-0.3, -0.25) is 0 Å². The summed E-state index contributed by atoms with van der Waals surface area (Å²) < 4.78 is 0. The van der Waals surface area contributed by atoms with E-state index in [4.69, 9.17) is 5.73 Å². The van der Waals surface area contributed by atoms with Crippen LogP contribution in [0.1, 0.15) is 65.7 Å². The zero-order valence-electron chi connectivity index (χ0n) is 10.2. The van der Waals surface area contributed by atoms with Crippen LogP contribution < -0.4 is 5.73 Å². The van der Waals surface area contributed by atoms with Crippen molar-refractivity contribution in [2.45, 2.75) is 71.3 Å². The highest BCUT2D eigenvalue weighted by molar-refractivity contribution is 4.81. The van der Waals surface area contributed by atoms with Gasteiger partial charge in [-0.05, 0) is 39.5 Å². The van der Waals surface area contributed by atoms with Crippen molar-refractivity contribution in [2.24, 2.45) is 5.73 Å². The molecule has 0 saturated carbocycles. The van der Waals surface area contributed by atoms with Crippen molar-refractivity contribution in [3.05, 3.63) is 12.2 Å². The van der Waals surface area contributed by atoms with E-state index in [0.29, 0.717) is 0 Å². The first-order chi connectivity index (χ1) is 6.56. The van der Waals surface area contributed by atoms with Crippen molar-refractivity contribution in [1.29, 1.82) is 0 Å². The van der Waals surface area contributed by atoms with E-state index in [1.54, 1.807) is 0 Å². The standard InChI is InChI=1S/C13H27N/c1-4-5-6-7-8-9-10-11-12-13(2,3)14/h7-8H,4-6,9-12,14H2,1-3H3. The first-order valence-electron chi connectivity index (χ1n) is 6.00. The van der Waals surface area contributed by atoms with Crippen LogP contribution in [0.2, 0.25) is 0 Å². The van der Waals surface area contributed by atoms with Crippen LogP contribution in [0.4, 0.5) is 0 Å². The van der Waals surface area contributed by atoms with Gasteiger partial charge in [-0.15, -0.1) is 0 Å². The summed E-state index contributed by atoms with van der Waals surface area (Å²) in [4.78, 5) is 0. The molecule has 0 aromatic rings. The Hall–Kier alpha value is -0.300. The van der Waals surface area contributed by atoms with Crippen LogP contribution in [0.25, 0.3) is 0 Å². The summed E-state index contributed by atoms with van der Waals surface area (Å²) in [5, 5.41) is 0. The molecule has 0 aliphatic rings. The Morgan fingerprint density at radius 1 is 1.00 bits per heavy atom. The molecule has 0 rings (SSSR count). The summed E-state index contributed by atoms with van der Waals surface area (Å²) in [7, 11) is 0. The van der Waals surface area contributed by atoms with Gasteiger partial charge in [-0.25, -0.2) is 0 Å². The molecule has 1 heteroatoms. The summed E-state index contributed by atoms with van der Waals surface area (Å²) in [6.07, 6.45) is 13.4. The lowest BCUT2D eigenvalue weighted by atomic mass is 9.98. The van der Waals surface area contributed by atoms with E-state index in [0.717, 1.165) is 6.42 Å². The Morgan fingerprint density at radius 3 is 2.07 bits per heavy atom. The molecule has 14 heavy (non-hydrogen) atoms. The van der Waals surface area contributed by atoms with Gasteiger partial charge in [-0.2, -0.15) is 0 Å². The van der Waals surface area contributed by atoms with E-state index in [9.17, 15) is 0 Å². The van der Waals surface area contributed by atoms with Gasteiger partial charge in [-0.1, -0.05) is 38.3 Å². The van der Waals surface area contributed by atoms with Crippen LogP contribution in [-0.4, -0.2) is 5.54 Å². The molecule has 0 radical (unpaired) electrons. The fraction of sp³-hybridized carbons (Fsp3) is 0.846. The topological polar surface area (TPSA) is 26.0 Å². The smallest absolute Gasteiger partial charge is 0.00970 e. The molecule has 84 valence electrons. The third-order valence-corrected chi connectivity index (χ3v) is 2.33. The molecule has 2 N–H and O–H groups in total. The highest BCUT2D eigenvalue weighted by Crippen LogP contribution is 2.10. The van der Waals surface area contributed by atoms with E-state index in [-0.39, 0.29) is 5.54 Å². The fourth-order valence-electron chi connectivity index (χ4n) is 1.40. The largest absolute Gasteiger partial charge is 0.326 e. The molecule has 0 aromatic carbocycles. The Kier molecular flexibility index (Phi) is 7.87. The van der Waals surface area contributed by atoms with Crippen LogP contribution in [-0.2, 0) is 0 Å². The highest BCUT2D eigenvalue weighted by Gasteiger charge is 2.08. The zero-order valence-corrected chi connectivity index (χ0v) is 10.2. The number of rotatable bonds is 8. The summed E-state index contributed by atoms with van der Waals surface area (Å²) in [6, 6.07) is 0. The van der Waals surface area contributed by atoms with Crippen LogP contribution >= 0.6 is 0 Å². The van der Waals surface area contributed by atoms with Crippen molar-refractivity contribution in [1.82, 2.24) is 0 Å². The molecular formula is C13H27N. The van der Waals surface area contributed by atoms with E-state index in [1.807, 2.05) is 0 Å². The van der Waals surface area contributed by atoms with Crippen LogP contribution in [0.5, 0.6) is 0 Å². The number of hydrogen-bond donors (Lipinski definition) is 1. The maximum Gasteiger partial charge on any atom is 0.00970 e. The van der Waals surface area contributed by atoms with Crippen LogP contribution in [0.3, 0.4) is 0 Å². The molecule has 0 atom stereocenters. The van der Waals surface area contributed by atoms with E-state index >= 15 is 0 Å². The molecule has 0 heterocycles. The average molecular weight is 197 g/mol. The van der Waals surface area contributed by atoms with Gasteiger partial charge >= 0.3 is 0 Å². The second kappa shape index (κ2) is 8.05. The molecule has 0 bridgehead atoms. The molecule has 0 aromatic heterocycles. The first-order valence-corrected chi connectivity index (χ1v) is 6.00. The Bertz CT molecular complexity index is 142. The van der Waals surface area contributed by atoms with Gasteiger partial charge in [0.05, 0.1) is 0 Å². The minimum atomic E-state index is 0.0198. The summed E-state index contributed by atoms with van der Waals surface area (Å²) >= 11 is 0. The molecule has 0 aliphatic heterocycles. The van der Waals surface area contributed by atoms with E-state index in [1.165, 1.54) is 38.5 Å². The predicted molar refractivity (Wildman–Crippen MR) is 65.4 cm³/mol. The van der Waals surface area contributed by atoms with Gasteiger partial charge in [0.2, 0.25) is 0 Å². The molecule has 0 saturated heterocycles. The van der Waals surface area contributed by atoms with E-state index < -0.39 is 0 Å². The predicted octanol–water partition coefficient (Wildman–Crippen LogP) is 4.03. The third-order valence-electron chi connectivity index (χ3n) is 2.33. The van der Waals surface area contributed by atoms with Crippen molar-refractivity contribution in [3.8, 4) is 0 Å². The van der Waals surface area contributed by atoms with Gasteiger partial charge in [0.25, 0.3) is 0 Å². The summed E-state index contributed by atoms with van der Waals surface area (Å²) in [6.45, 7) is 6.44. The lowest BCUT2D eigenvalue weighted by Crippen LogP contribution is -2.31. The van der Waals surface area contributed by atoms with E-state index in [2.05, 4.69) is 32.9 Å².